The van der Waals surface area contributed by atoms with Crippen molar-refractivity contribution in [3.8, 4) is 0 Å². The van der Waals surface area contributed by atoms with Gasteiger partial charge >= 0.3 is 0 Å². The van der Waals surface area contributed by atoms with Crippen molar-refractivity contribution in [3.05, 3.63) is 83.9 Å². The van der Waals surface area contributed by atoms with Crippen molar-refractivity contribution in [2.45, 2.75) is 36.1 Å². The van der Waals surface area contributed by atoms with E-state index in [1.54, 1.807) is 11.8 Å². The number of nitrogens with zero attached hydrogens (tertiary/aromatic N) is 2. The van der Waals surface area contributed by atoms with Crippen LogP contribution >= 0.6 is 11.8 Å². The quantitative estimate of drug-likeness (QED) is 0.668. The predicted octanol–water partition coefficient (Wildman–Crippen LogP) is 4.10. The molecular formula is C23H25N3O2S. The second kappa shape index (κ2) is 8.43. The highest BCUT2D eigenvalue weighted by molar-refractivity contribution is 8.00. The van der Waals surface area contributed by atoms with Gasteiger partial charge in [0.1, 0.15) is 10.8 Å². The van der Waals surface area contributed by atoms with E-state index in [-0.39, 0.29) is 11.8 Å². The summed E-state index contributed by atoms with van der Waals surface area (Å²) in [6.45, 7) is 3.32. The largest absolute Gasteiger partial charge is 0.369 e. The molecule has 2 aromatic carbocycles. The number of rotatable bonds is 6. The second-order valence-corrected chi connectivity index (χ2v) is 8.74. The zero-order chi connectivity index (χ0) is 20.3. The van der Waals surface area contributed by atoms with Crippen LogP contribution in [0.5, 0.6) is 0 Å². The molecule has 2 heterocycles. The summed E-state index contributed by atoms with van der Waals surface area (Å²) in [5.74, 6) is 0.569. The van der Waals surface area contributed by atoms with Crippen molar-refractivity contribution in [2.75, 3.05) is 6.61 Å². The Kier molecular flexibility index (Phi) is 5.74. The molecule has 2 N–H and O–H groups in total. The van der Waals surface area contributed by atoms with E-state index in [0.29, 0.717) is 19.4 Å². The van der Waals surface area contributed by atoms with E-state index in [2.05, 4.69) is 45.9 Å². The lowest BCUT2D eigenvalue weighted by Gasteiger charge is -2.40. The lowest BCUT2D eigenvalue weighted by molar-refractivity contribution is -0.128. The normalized spacial score (nSPS) is 21.8. The summed E-state index contributed by atoms with van der Waals surface area (Å²) in [6, 6.07) is 18.6. The lowest BCUT2D eigenvalue weighted by atomic mass is 9.91. The van der Waals surface area contributed by atoms with Crippen molar-refractivity contribution in [3.63, 3.8) is 0 Å². The Morgan fingerprint density at radius 3 is 2.66 bits per heavy atom. The molecule has 0 radical (unpaired) electrons. The predicted molar refractivity (Wildman–Crippen MR) is 114 cm³/mol. The first kappa shape index (κ1) is 19.7. The molecule has 1 aliphatic heterocycles. The van der Waals surface area contributed by atoms with Crippen molar-refractivity contribution in [1.82, 2.24) is 9.55 Å². The number of hydrogen-bond donors (Lipinski definition) is 1. The van der Waals surface area contributed by atoms with Gasteiger partial charge in [-0.2, -0.15) is 0 Å². The molecule has 3 aromatic rings. The Morgan fingerprint density at radius 2 is 2.00 bits per heavy atom. The lowest BCUT2D eigenvalue weighted by Crippen LogP contribution is -2.39. The van der Waals surface area contributed by atoms with E-state index in [1.165, 1.54) is 5.56 Å². The maximum atomic E-state index is 11.9. The molecular weight excluding hydrogens is 382 g/mol. The Labute approximate surface area is 175 Å². The van der Waals surface area contributed by atoms with E-state index >= 15 is 0 Å². The maximum Gasteiger partial charge on any atom is 0.220 e. The number of thioether (sulfide) groups is 1. The van der Waals surface area contributed by atoms with Crippen molar-refractivity contribution in [2.24, 2.45) is 11.7 Å². The number of imidazole rings is 1. The average Bonchev–Trinajstić information content (AvgIpc) is 3.15. The van der Waals surface area contributed by atoms with Gasteiger partial charge in [0.15, 0.2) is 0 Å². The number of aromatic nitrogens is 2. The minimum absolute atomic E-state index is 0.181. The van der Waals surface area contributed by atoms with Gasteiger partial charge in [0.25, 0.3) is 0 Å². The van der Waals surface area contributed by atoms with E-state index in [4.69, 9.17) is 10.5 Å². The van der Waals surface area contributed by atoms with Crippen molar-refractivity contribution in [1.29, 1.82) is 0 Å². The van der Waals surface area contributed by atoms with E-state index in [0.717, 1.165) is 22.8 Å². The number of amides is 1. The number of carbonyl (C=O) groups excluding carboxylic acids is 1. The van der Waals surface area contributed by atoms with E-state index in [9.17, 15) is 4.79 Å². The zero-order valence-electron chi connectivity index (χ0n) is 16.5. The first-order valence-corrected chi connectivity index (χ1v) is 10.6. The first-order chi connectivity index (χ1) is 14.1. The number of ether oxygens (including phenoxy) is 1. The molecule has 0 aliphatic carbocycles. The minimum Gasteiger partial charge on any atom is -0.369 e. The zero-order valence-corrected chi connectivity index (χ0v) is 17.3. The second-order valence-electron chi connectivity index (χ2n) is 7.41. The van der Waals surface area contributed by atoms with Crippen LogP contribution in [0.4, 0.5) is 0 Å². The van der Waals surface area contributed by atoms with Crippen LogP contribution in [0.15, 0.2) is 71.9 Å². The van der Waals surface area contributed by atoms with Crippen LogP contribution in [0.1, 0.15) is 29.8 Å². The van der Waals surface area contributed by atoms with Crippen LogP contribution in [-0.4, -0.2) is 22.1 Å². The van der Waals surface area contributed by atoms with Gasteiger partial charge < -0.3 is 15.0 Å². The third-order valence-electron chi connectivity index (χ3n) is 5.42. The van der Waals surface area contributed by atoms with Gasteiger partial charge in [-0.05, 0) is 36.6 Å². The molecule has 2 atom stereocenters. The van der Waals surface area contributed by atoms with Crippen LogP contribution in [-0.2, 0) is 21.0 Å². The minimum atomic E-state index is -0.609. The van der Waals surface area contributed by atoms with Gasteiger partial charge in [-0.3, -0.25) is 4.79 Å². The molecule has 1 amide bonds. The summed E-state index contributed by atoms with van der Waals surface area (Å²) in [5, 5.41) is 0. The van der Waals surface area contributed by atoms with Crippen LogP contribution in [0.2, 0.25) is 0 Å². The number of nitrogens with two attached hydrogens (primary N) is 1. The highest BCUT2D eigenvalue weighted by atomic mass is 32.2. The topological polar surface area (TPSA) is 70.1 Å². The molecule has 0 bridgehead atoms. The Balaban J connectivity index is 1.58. The summed E-state index contributed by atoms with van der Waals surface area (Å²) < 4.78 is 8.43. The molecule has 1 fully saturated rings. The van der Waals surface area contributed by atoms with Crippen LogP contribution in [0.25, 0.3) is 0 Å². The van der Waals surface area contributed by atoms with Gasteiger partial charge in [-0.15, -0.1) is 0 Å². The maximum absolute atomic E-state index is 11.9. The Morgan fingerprint density at radius 1 is 1.24 bits per heavy atom. The van der Waals surface area contributed by atoms with Crippen LogP contribution < -0.4 is 5.73 Å². The summed E-state index contributed by atoms with van der Waals surface area (Å²) in [6.07, 6.45) is 5.06. The molecule has 2 unspecified atom stereocenters. The molecule has 1 saturated heterocycles. The summed E-state index contributed by atoms with van der Waals surface area (Å²) in [5.41, 5.74) is 7.92. The standard InChI is InChI=1S/C23H25N3O2S/c1-17-25-12-13-26(17)16-18-7-9-21(10-8-18)29-23(20-5-3-2-4-6-20)15-19(22(24)27)11-14-28-23/h2-10,12-13,19H,11,14-16H2,1H3,(H2,24,27). The Hall–Kier alpha value is -2.57. The number of hydrogen-bond acceptors (Lipinski definition) is 4. The third kappa shape index (κ3) is 4.38. The third-order valence-corrected chi connectivity index (χ3v) is 6.77. The fraction of sp³-hybridized carbons (Fsp3) is 0.304. The molecule has 1 aliphatic rings. The number of aryl methyl sites for hydroxylation is 1. The van der Waals surface area contributed by atoms with Crippen molar-refractivity contribution >= 4 is 17.7 Å². The molecule has 0 saturated carbocycles. The first-order valence-electron chi connectivity index (χ1n) is 9.80. The fourth-order valence-corrected chi connectivity index (χ4v) is 5.07. The van der Waals surface area contributed by atoms with Gasteiger partial charge in [-0.25, -0.2) is 4.98 Å². The smallest absolute Gasteiger partial charge is 0.220 e. The van der Waals surface area contributed by atoms with Gasteiger partial charge in [0.2, 0.25) is 5.91 Å². The molecule has 29 heavy (non-hydrogen) atoms. The summed E-state index contributed by atoms with van der Waals surface area (Å²) in [7, 11) is 0. The molecule has 6 heteroatoms. The van der Waals surface area contributed by atoms with E-state index in [1.807, 2.05) is 37.5 Å². The fourth-order valence-electron chi connectivity index (χ4n) is 3.74. The highest BCUT2D eigenvalue weighted by Gasteiger charge is 2.42. The number of carbonyl (C=O) groups is 1. The number of primary amides is 1. The molecule has 4 rings (SSSR count). The molecule has 150 valence electrons. The van der Waals surface area contributed by atoms with Crippen LogP contribution in [0.3, 0.4) is 0 Å². The average molecular weight is 408 g/mol. The molecule has 5 nitrogen and oxygen atoms in total. The monoisotopic (exact) mass is 407 g/mol. The van der Waals surface area contributed by atoms with Crippen LogP contribution in [0, 0.1) is 12.8 Å². The summed E-state index contributed by atoms with van der Waals surface area (Å²) in [4.78, 5) is 16.7. The molecule has 0 spiro atoms. The molecule has 1 aromatic heterocycles. The SMILES string of the molecule is Cc1nccn1Cc1ccc(SC2(c3ccccc3)CC(C(N)=O)CCO2)cc1. The van der Waals surface area contributed by atoms with Gasteiger partial charge in [-0.1, -0.05) is 54.2 Å². The van der Waals surface area contributed by atoms with Gasteiger partial charge in [0, 0.05) is 42.8 Å². The highest BCUT2D eigenvalue weighted by Crippen LogP contribution is 2.49. The van der Waals surface area contributed by atoms with Crippen molar-refractivity contribution < 1.29 is 9.53 Å². The number of benzene rings is 2. The van der Waals surface area contributed by atoms with E-state index < -0.39 is 4.93 Å². The summed E-state index contributed by atoms with van der Waals surface area (Å²) >= 11 is 1.66. The Bertz CT molecular complexity index is 971. The van der Waals surface area contributed by atoms with Gasteiger partial charge in [0.05, 0.1) is 0 Å².